The van der Waals surface area contributed by atoms with E-state index in [2.05, 4.69) is 4.99 Å². The summed E-state index contributed by atoms with van der Waals surface area (Å²) in [7, 11) is 3.07. The van der Waals surface area contributed by atoms with Crippen LogP contribution in [-0.2, 0) is 9.59 Å². The van der Waals surface area contributed by atoms with E-state index in [0.717, 1.165) is 17.3 Å². The van der Waals surface area contributed by atoms with Crippen molar-refractivity contribution in [1.82, 2.24) is 0 Å². The molecule has 1 heterocycles. The number of hydrogen-bond acceptors (Lipinski definition) is 6. The van der Waals surface area contributed by atoms with Gasteiger partial charge in [-0.2, -0.15) is 0 Å². The first kappa shape index (κ1) is 21.7. The number of rotatable bonds is 6. The highest BCUT2D eigenvalue weighted by Crippen LogP contribution is 2.35. The van der Waals surface area contributed by atoms with Crippen LogP contribution in [0, 0.1) is 0 Å². The number of benzene rings is 2. The number of thioether (sulfide) groups is 1. The summed E-state index contributed by atoms with van der Waals surface area (Å²) in [5.74, 6) is 0.285. The topological polar surface area (TPSA) is 94.2 Å². The highest BCUT2D eigenvalue weighted by Gasteiger charge is 2.34. The minimum atomic E-state index is -0.575. The first-order valence-electron chi connectivity index (χ1n) is 8.92. The van der Waals surface area contributed by atoms with E-state index in [9.17, 15) is 9.59 Å². The quantitative estimate of drug-likeness (QED) is 0.684. The molecule has 156 valence electrons. The number of halogens is 1. The lowest BCUT2D eigenvalue weighted by Crippen LogP contribution is -2.33. The Morgan fingerprint density at radius 2 is 1.90 bits per heavy atom. The van der Waals surface area contributed by atoms with Crippen LogP contribution in [0.2, 0.25) is 5.02 Å². The van der Waals surface area contributed by atoms with Crippen molar-refractivity contribution < 1.29 is 19.1 Å². The smallest absolute Gasteiger partial charge is 0.283 e. The SMILES string of the molecule is COc1ccc(/C=C2\N=C(SC(C)C(N)=O)N(c3ccc(Cl)c(OC)c3)C2=O)cc1. The Kier molecular flexibility index (Phi) is 6.69. The third kappa shape index (κ3) is 4.60. The van der Waals surface area contributed by atoms with E-state index in [1.807, 2.05) is 12.1 Å². The lowest BCUT2D eigenvalue weighted by molar-refractivity contribution is -0.117. The number of hydrogen-bond donors (Lipinski definition) is 1. The van der Waals surface area contributed by atoms with Gasteiger partial charge in [-0.3, -0.25) is 14.5 Å². The molecule has 2 N–H and O–H groups in total. The van der Waals surface area contributed by atoms with Crippen molar-refractivity contribution in [2.45, 2.75) is 12.2 Å². The van der Waals surface area contributed by atoms with E-state index < -0.39 is 11.2 Å². The second-order valence-corrected chi connectivity index (χ2v) is 8.03. The molecule has 1 unspecified atom stereocenters. The zero-order valence-electron chi connectivity index (χ0n) is 16.6. The van der Waals surface area contributed by atoms with Crippen molar-refractivity contribution in [3.8, 4) is 11.5 Å². The van der Waals surface area contributed by atoms with E-state index in [-0.39, 0.29) is 11.6 Å². The molecule has 0 fully saturated rings. The fraction of sp³-hybridized carbons (Fsp3) is 0.190. The molecule has 0 radical (unpaired) electrons. The van der Waals surface area contributed by atoms with Crippen LogP contribution in [0.1, 0.15) is 12.5 Å². The molecular formula is C21H20ClN3O4S. The first-order valence-corrected chi connectivity index (χ1v) is 10.2. The number of anilines is 1. The molecule has 30 heavy (non-hydrogen) atoms. The normalized spacial score (nSPS) is 15.9. The number of methoxy groups -OCH3 is 2. The Balaban J connectivity index is 2.02. The summed E-state index contributed by atoms with van der Waals surface area (Å²) < 4.78 is 10.4. The first-order chi connectivity index (χ1) is 14.3. The molecule has 0 aliphatic carbocycles. The summed E-state index contributed by atoms with van der Waals surface area (Å²) in [6.45, 7) is 1.66. The largest absolute Gasteiger partial charge is 0.497 e. The zero-order valence-corrected chi connectivity index (χ0v) is 18.2. The van der Waals surface area contributed by atoms with Crippen LogP contribution in [0.15, 0.2) is 53.2 Å². The minimum absolute atomic E-state index is 0.230. The number of ether oxygens (including phenoxy) is 2. The fourth-order valence-corrected chi connectivity index (χ4v) is 3.74. The predicted octanol–water partition coefficient (Wildman–Crippen LogP) is 3.71. The van der Waals surface area contributed by atoms with Crippen molar-refractivity contribution in [2.24, 2.45) is 10.7 Å². The van der Waals surface area contributed by atoms with Crippen LogP contribution in [0.4, 0.5) is 5.69 Å². The molecule has 0 bridgehead atoms. The number of nitrogens with zero attached hydrogens (tertiary/aromatic N) is 2. The lowest BCUT2D eigenvalue weighted by atomic mass is 10.2. The summed E-state index contributed by atoms with van der Waals surface area (Å²) in [6, 6.07) is 12.2. The number of aliphatic imine (C=N–C) groups is 1. The fourth-order valence-electron chi connectivity index (χ4n) is 2.66. The Hall–Kier alpha value is -2.97. The van der Waals surface area contributed by atoms with Gasteiger partial charge in [0.1, 0.15) is 17.2 Å². The highest BCUT2D eigenvalue weighted by atomic mass is 35.5. The van der Waals surface area contributed by atoms with Gasteiger partial charge in [0, 0.05) is 6.07 Å². The van der Waals surface area contributed by atoms with Crippen molar-refractivity contribution in [2.75, 3.05) is 19.1 Å². The molecule has 7 nitrogen and oxygen atoms in total. The minimum Gasteiger partial charge on any atom is -0.497 e. The molecule has 9 heteroatoms. The maximum Gasteiger partial charge on any atom is 0.283 e. The third-order valence-electron chi connectivity index (χ3n) is 4.32. The van der Waals surface area contributed by atoms with Gasteiger partial charge >= 0.3 is 0 Å². The number of carbonyl (C=O) groups excluding carboxylic acids is 2. The molecule has 2 amide bonds. The van der Waals surface area contributed by atoms with Gasteiger partial charge in [0.15, 0.2) is 5.17 Å². The molecule has 1 atom stereocenters. The van der Waals surface area contributed by atoms with Crippen molar-refractivity contribution in [3.63, 3.8) is 0 Å². The Morgan fingerprint density at radius 1 is 1.20 bits per heavy atom. The summed E-state index contributed by atoms with van der Waals surface area (Å²) in [5.41, 5.74) is 6.93. The van der Waals surface area contributed by atoms with Gasteiger partial charge in [0.2, 0.25) is 5.91 Å². The molecule has 1 aliphatic rings. The summed E-state index contributed by atoms with van der Waals surface area (Å²) >= 11 is 7.22. The molecule has 2 aromatic rings. The van der Waals surface area contributed by atoms with Gasteiger partial charge in [0.25, 0.3) is 5.91 Å². The van der Waals surface area contributed by atoms with Crippen LogP contribution >= 0.6 is 23.4 Å². The van der Waals surface area contributed by atoms with Gasteiger partial charge in [-0.05, 0) is 42.8 Å². The molecule has 1 aliphatic heterocycles. The maximum absolute atomic E-state index is 13.2. The average Bonchev–Trinajstić information content (AvgIpc) is 3.03. The standard InChI is InChI=1S/C21H20ClN3O4S/c1-12(19(23)26)30-21-24-17(10-13-4-7-15(28-2)8-5-13)20(27)25(21)14-6-9-16(22)18(11-14)29-3/h4-12H,1-3H3,(H2,23,26)/b17-10-. The molecule has 3 rings (SSSR count). The van der Waals surface area contributed by atoms with Gasteiger partial charge in [-0.1, -0.05) is 35.5 Å². The van der Waals surface area contributed by atoms with E-state index in [1.54, 1.807) is 50.4 Å². The van der Waals surface area contributed by atoms with Gasteiger partial charge in [-0.25, -0.2) is 4.99 Å². The van der Waals surface area contributed by atoms with Crippen molar-refractivity contribution >= 4 is 52.1 Å². The highest BCUT2D eigenvalue weighted by molar-refractivity contribution is 8.15. The van der Waals surface area contributed by atoms with Crippen LogP contribution in [-0.4, -0.2) is 36.5 Å². The number of carbonyl (C=O) groups is 2. The summed E-state index contributed by atoms with van der Waals surface area (Å²) in [5, 5.41) is 0.183. The number of amidine groups is 1. The van der Waals surface area contributed by atoms with Crippen molar-refractivity contribution in [3.05, 3.63) is 58.7 Å². The molecule has 0 saturated heterocycles. The maximum atomic E-state index is 13.2. The van der Waals surface area contributed by atoms with Gasteiger partial charge in [-0.15, -0.1) is 0 Å². The molecule has 0 spiro atoms. The number of amides is 2. The monoisotopic (exact) mass is 445 g/mol. The third-order valence-corrected chi connectivity index (χ3v) is 5.71. The molecule has 2 aromatic carbocycles. The predicted molar refractivity (Wildman–Crippen MR) is 120 cm³/mol. The van der Waals surface area contributed by atoms with E-state index >= 15 is 0 Å². The van der Waals surface area contributed by atoms with E-state index in [4.69, 9.17) is 26.8 Å². The number of primary amides is 1. The lowest BCUT2D eigenvalue weighted by Gasteiger charge is -2.20. The van der Waals surface area contributed by atoms with Crippen LogP contribution < -0.4 is 20.1 Å². The van der Waals surface area contributed by atoms with E-state index in [1.165, 1.54) is 12.0 Å². The summed E-state index contributed by atoms with van der Waals surface area (Å²) in [4.78, 5) is 30.6. The zero-order chi connectivity index (χ0) is 21.8. The van der Waals surface area contributed by atoms with Crippen LogP contribution in [0.5, 0.6) is 11.5 Å². The summed E-state index contributed by atoms with van der Waals surface area (Å²) in [6.07, 6.45) is 1.67. The molecule has 0 saturated carbocycles. The Labute approximate surface area is 183 Å². The van der Waals surface area contributed by atoms with Gasteiger partial charge in [0.05, 0.1) is 30.2 Å². The second-order valence-electron chi connectivity index (χ2n) is 6.32. The van der Waals surface area contributed by atoms with Gasteiger partial charge < -0.3 is 15.2 Å². The molecular weight excluding hydrogens is 426 g/mol. The Bertz CT molecular complexity index is 1040. The van der Waals surface area contributed by atoms with Crippen molar-refractivity contribution in [1.29, 1.82) is 0 Å². The number of nitrogens with two attached hydrogens (primary N) is 1. The van der Waals surface area contributed by atoms with Crippen LogP contribution in [0.25, 0.3) is 6.08 Å². The Morgan fingerprint density at radius 3 is 2.50 bits per heavy atom. The van der Waals surface area contributed by atoms with Crippen LogP contribution in [0.3, 0.4) is 0 Å². The average molecular weight is 446 g/mol. The van der Waals surface area contributed by atoms with E-state index in [0.29, 0.717) is 27.4 Å². The molecule has 0 aromatic heterocycles. The second kappa shape index (κ2) is 9.23.